The minimum atomic E-state index is -1.17. The van der Waals surface area contributed by atoms with Crippen LogP contribution in [0.25, 0.3) is 0 Å². The molecule has 0 fully saturated rings. The average Bonchev–Trinajstić information content (AvgIpc) is 2.76. The van der Waals surface area contributed by atoms with Crippen LogP contribution in [0, 0.1) is 0 Å². The van der Waals surface area contributed by atoms with E-state index in [2.05, 4.69) is 15.2 Å². The maximum absolute atomic E-state index is 11.7. The predicted octanol–water partition coefficient (Wildman–Crippen LogP) is 0.164. The number of nitrogens with one attached hydrogen (secondary N) is 1. The molecule has 0 radical (unpaired) electrons. The van der Waals surface area contributed by atoms with Gasteiger partial charge in [-0.05, 0) is 19.9 Å². The molecule has 0 unspecified atom stereocenters. The summed E-state index contributed by atoms with van der Waals surface area (Å²) in [5, 5.41) is 15.0. The number of allylic oxidation sites excluding steroid dienone is 1. The number of aromatic nitrogens is 2. The van der Waals surface area contributed by atoms with Crippen LogP contribution in [0.2, 0.25) is 0 Å². The van der Waals surface area contributed by atoms with Crippen molar-refractivity contribution in [1.29, 1.82) is 0 Å². The standard InChI is InChI=1S/C12H15N3O5/c1-3-20-11(17)6-8(2)14-10(16)7-15-9(12(18)19)4-5-13-15/h4-6H,3,7H2,1-2H3,(H,14,16)(H,18,19)/b8-6+. The number of nitrogens with zero attached hydrogens (tertiary/aromatic N) is 2. The molecule has 0 saturated carbocycles. The molecular formula is C12H15N3O5. The van der Waals surface area contributed by atoms with Gasteiger partial charge in [0.2, 0.25) is 5.91 Å². The van der Waals surface area contributed by atoms with Crippen molar-refractivity contribution in [2.24, 2.45) is 0 Å². The third-order valence-corrected chi connectivity index (χ3v) is 2.19. The fourth-order valence-electron chi connectivity index (χ4n) is 1.43. The highest BCUT2D eigenvalue weighted by atomic mass is 16.5. The van der Waals surface area contributed by atoms with Crippen molar-refractivity contribution >= 4 is 17.8 Å². The van der Waals surface area contributed by atoms with E-state index in [1.807, 2.05) is 0 Å². The fourth-order valence-corrected chi connectivity index (χ4v) is 1.43. The number of aromatic carboxylic acids is 1. The second-order valence-corrected chi connectivity index (χ2v) is 3.81. The molecule has 0 aromatic carbocycles. The maximum Gasteiger partial charge on any atom is 0.354 e. The Morgan fingerprint density at radius 1 is 1.50 bits per heavy atom. The summed E-state index contributed by atoms with van der Waals surface area (Å²) in [6.45, 7) is 3.18. The lowest BCUT2D eigenvalue weighted by molar-refractivity contribution is -0.137. The van der Waals surface area contributed by atoms with Crippen LogP contribution in [0.1, 0.15) is 24.3 Å². The van der Waals surface area contributed by atoms with E-state index < -0.39 is 17.8 Å². The summed E-state index contributed by atoms with van der Waals surface area (Å²) in [4.78, 5) is 33.7. The second-order valence-electron chi connectivity index (χ2n) is 3.81. The van der Waals surface area contributed by atoms with Gasteiger partial charge >= 0.3 is 11.9 Å². The number of rotatable bonds is 6. The van der Waals surface area contributed by atoms with Crippen molar-refractivity contribution in [2.75, 3.05) is 6.61 Å². The molecule has 1 rings (SSSR count). The number of carboxylic acid groups (broad SMARTS) is 1. The number of carbonyl (C=O) groups is 3. The molecule has 1 aromatic heterocycles. The molecule has 0 bridgehead atoms. The molecule has 0 aliphatic carbocycles. The molecule has 8 nitrogen and oxygen atoms in total. The zero-order chi connectivity index (χ0) is 15.1. The largest absolute Gasteiger partial charge is 0.477 e. The molecule has 0 spiro atoms. The van der Waals surface area contributed by atoms with E-state index in [0.717, 1.165) is 10.8 Å². The molecule has 2 N–H and O–H groups in total. The number of esters is 1. The third-order valence-electron chi connectivity index (χ3n) is 2.19. The molecule has 1 aromatic rings. The summed E-state index contributed by atoms with van der Waals surface area (Å²) in [6, 6.07) is 1.29. The zero-order valence-corrected chi connectivity index (χ0v) is 11.1. The Morgan fingerprint density at radius 2 is 2.20 bits per heavy atom. The number of hydrogen-bond acceptors (Lipinski definition) is 5. The van der Waals surface area contributed by atoms with Crippen LogP contribution in [0.15, 0.2) is 24.0 Å². The quantitative estimate of drug-likeness (QED) is 0.568. The molecule has 0 aliphatic rings. The normalized spacial score (nSPS) is 11.0. The molecule has 108 valence electrons. The Morgan fingerprint density at radius 3 is 2.80 bits per heavy atom. The van der Waals surface area contributed by atoms with E-state index >= 15 is 0 Å². The van der Waals surface area contributed by atoms with Crippen molar-refractivity contribution in [3.8, 4) is 0 Å². The van der Waals surface area contributed by atoms with E-state index in [1.165, 1.54) is 19.2 Å². The first-order valence-electron chi connectivity index (χ1n) is 5.84. The van der Waals surface area contributed by atoms with Gasteiger partial charge in [-0.25, -0.2) is 14.3 Å². The minimum Gasteiger partial charge on any atom is -0.477 e. The van der Waals surface area contributed by atoms with E-state index in [1.54, 1.807) is 6.92 Å². The molecule has 20 heavy (non-hydrogen) atoms. The first-order valence-corrected chi connectivity index (χ1v) is 5.84. The smallest absolute Gasteiger partial charge is 0.354 e. The van der Waals surface area contributed by atoms with Crippen LogP contribution < -0.4 is 5.32 Å². The van der Waals surface area contributed by atoms with Gasteiger partial charge in [0.1, 0.15) is 12.2 Å². The fraction of sp³-hybridized carbons (Fsp3) is 0.333. The van der Waals surface area contributed by atoms with Crippen LogP contribution in [-0.4, -0.2) is 39.3 Å². The number of carboxylic acids is 1. The Hall–Kier alpha value is -2.64. The van der Waals surface area contributed by atoms with Gasteiger partial charge in [0.25, 0.3) is 0 Å². The number of amides is 1. The van der Waals surface area contributed by atoms with Crippen molar-refractivity contribution in [1.82, 2.24) is 15.1 Å². The SMILES string of the molecule is CCOC(=O)/C=C(\C)NC(=O)Cn1nccc1C(=O)O. The van der Waals surface area contributed by atoms with Crippen molar-refractivity contribution in [3.63, 3.8) is 0 Å². The van der Waals surface area contributed by atoms with Gasteiger partial charge in [-0.15, -0.1) is 0 Å². The van der Waals surface area contributed by atoms with E-state index in [0.29, 0.717) is 5.70 Å². The van der Waals surface area contributed by atoms with Crippen LogP contribution in [0.5, 0.6) is 0 Å². The summed E-state index contributed by atoms with van der Waals surface area (Å²) < 4.78 is 5.74. The number of ether oxygens (including phenoxy) is 1. The van der Waals surface area contributed by atoms with E-state index in [9.17, 15) is 14.4 Å². The summed E-state index contributed by atoms with van der Waals surface area (Å²) in [6.07, 6.45) is 2.43. The van der Waals surface area contributed by atoms with E-state index in [4.69, 9.17) is 5.11 Å². The van der Waals surface area contributed by atoms with Crippen molar-refractivity contribution < 1.29 is 24.2 Å². The molecule has 0 saturated heterocycles. The lowest BCUT2D eigenvalue weighted by atomic mass is 10.4. The second kappa shape index (κ2) is 7.07. The first-order chi connectivity index (χ1) is 9.43. The number of carbonyl (C=O) groups excluding carboxylic acids is 2. The molecule has 0 aliphatic heterocycles. The summed E-state index contributed by atoms with van der Waals surface area (Å²) in [5.74, 6) is -2.22. The van der Waals surface area contributed by atoms with E-state index in [-0.39, 0.29) is 18.8 Å². The third kappa shape index (κ3) is 4.56. The zero-order valence-electron chi connectivity index (χ0n) is 11.1. The highest BCUT2D eigenvalue weighted by Crippen LogP contribution is 1.99. The topological polar surface area (TPSA) is 111 Å². The highest BCUT2D eigenvalue weighted by molar-refractivity contribution is 5.87. The molecule has 8 heteroatoms. The Balaban J connectivity index is 2.62. The summed E-state index contributed by atoms with van der Waals surface area (Å²) in [7, 11) is 0. The van der Waals surface area contributed by atoms with Gasteiger partial charge in [-0.2, -0.15) is 5.10 Å². The molecule has 1 amide bonds. The summed E-state index contributed by atoms with van der Waals surface area (Å²) in [5.41, 5.74) is 0.213. The predicted molar refractivity (Wildman–Crippen MR) is 67.7 cm³/mol. The van der Waals surface area contributed by atoms with Crippen LogP contribution in [0.4, 0.5) is 0 Å². The molecule has 1 heterocycles. The Bertz CT molecular complexity index is 547. The van der Waals surface area contributed by atoms with Crippen molar-refractivity contribution in [3.05, 3.63) is 29.7 Å². The molecular weight excluding hydrogens is 266 g/mol. The van der Waals surface area contributed by atoms with Gasteiger partial charge in [0.05, 0.1) is 6.61 Å². The van der Waals surface area contributed by atoms with Gasteiger partial charge in [-0.3, -0.25) is 4.79 Å². The lowest BCUT2D eigenvalue weighted by Gasteiger charge is -2.07. The van der Waals surface area contributed by atoms with Crippen LogP contribution >= 0.6 is 0 Å². The first kappa shape index (κ1) is 15.4. The summed E-state index contributed by atoms with van der Waals surface area (Å²) >= 11 is 0. The monoisotopic (exact) mass is 281 g/mol. The number of hydrogen-bond donors (Lipinski definition) is 2. The van der Waals surface area contributed by atoms with Gasteiger partial charge in [-0.1, -0.05) is 0 Å². The minimum absolute atomic E-state index is 0.0906. The average molecular weight is 281 g/mol. The van der Waals surface area contributed by atoms with Crippen LogP contribution in [-0.2, 0) is 20.9 Å². The lowest BCUT2D eigenvalue weighted by Crippen LogP contribution is -2.28. The van der Waals surface area contributed by atoms with Gasteiger partial charge in [0.15, 0.2) is 0 Å². The highest BCUT2D eigenvalue weighted by Gasteiger charge is 2.13. The van der Waals surface area contributed by atoms with Gasteiger partial charge in [0, 0.05) is 18.0 Å². The Kier molecular flexibility index (Phi) is 5.45. The van der Waals surface area contributed by atoms with Gasteiger partial charge < -0.3 is 15.2 Å². The molecule has 0 atom stereocenters. The Labute approximate surface area is 115 Å². The maximum atomic E-state index is 11.7. The van der Waals surface area contributed by atoms with Crippen molar-refractivity contribution in [2.45, 2.75) is 20.4 Å². The van der Waals surface area contributed by atoms with Crippen LogP contribution in [0.3, 0.4) is 0 Å².